The third-order valence-electron chi connectivity index (χ3n) is 3.94. The number of esters is 1. The third-order valence-corrected chi connectivity index (χ3v) is 6.21. The van der Waals surface area contributed by atoms with Gasteiger partial charge in [-0.2, -0.15) is 8.42 Å². The first-order chi connectivity index (χ1) is 14.7. The summed E-state index contributed by atoms with van der Waals surface area (Å²) in [6, 6.07) is 5.94. The van der Waals surface area contributed by atoms with Crippen molar-refractivity contribution in [1.82, 2.24) is 10.3 Å². The maximum absolute atomic E-state index is 12.5. The first-order valence-electron chi connectivity index (χ1n) is 9.05. The minimum Gasteiger partial charge on any atom is -0.461 e. The van der Waals surface area contributed by atoms with Crippen molar-refractivity contribution in [2.75, 3.05) is 18.1 Å². The Bertz CT molecular complexity index is 1130. The number of carbonyl (C=O) groups is 2. The molecule has 0 bridgehead atoms. The zero-order valence-corrected chi connectivity index (χ0v) is 19.0. The minimum atomic E-state index is -4.28. The van der Waals surface area contributed by atoms with E-state index >= 15 is 0 Å². The van der Waals surface area contributed by atoms with Gasteiger partial charge in [-0.1, -0.05) is 29.8 Å². The van der Waals surface area contributed by atoms with Crippen molar-refractivity contribution in [3.8, 4) is 0 Å². The Morgan fingerprint density at radius 3 is 2.68 bits per heavy atom. The van der Waals surface area contributed by atoms with Gasteiger partial charge in [-0.25, -0.2) is 14.7 Å². The molecule has 2 heterocycles. The first kappa shape index (κ1) is 22.8. The van der Waals surface area contributed by atoms with Crippen LogP contribution in [0.4, 0.5) is 5.13 Å². The molecule has 1 aromatic heterocycles. The molecule has 0 spiro atoms. The molecular formula is C18H18N4O6S3. The largest absolute Gasteiger partial charge is 0.461 e. The highest BCUT2D eigenvalue weighted by Crippen LogP contribution is 2.24. The summed E-state index contributed by atoms with van der Waals surface area (Å²) in [4.78, 5) is 29.7. The van der Waals surface area contributed by atoms with E-state index in [-0.39, 0.29) is 39.9 Å². The number of aryl methyl sites for hydroxylation is 1. The van der Waals surface area contributed by atoms with Gasteiger partial charge in [0.05, 0.1) is 13.2 Å². The molecule has 13 heteroatoms. The van der Waals surface area contributed by atoms with Crippen molar-refractivity contribution in [2.45, 2.75) is 25.2 Å². The maximum atomic E-state index is 12.5. The number of hydrogen-bond donors (Lipinski definition) is 1. The van der Waals surface area contributed by atoms with Crippen molar-refractivity contribution in [2.24, 2.45) is 5.16 Å². The van der Waals surface area contributed by atoms with Gasteiger partial charge in [0.25, 0.3) is 5.91 Å². The Kier molecular flexibility index (Phi) is 6.97. The van der Waals surface area contributed by atoms with Crippen LogP contribution in [0.3, 0.4) is 0 Å². The number of anilines is 1. The van der Waals surface area contributed by atoms with Crippen molar-refractivity contribution >= 4 is 61.5 Å². The summed E-state index contributed by atoms with van der Waals surface area (Å²) in [5.74, 6) is -1.22. The zero-order chi connectivity index (χ0) is 22.6. The Morgan fingerprint density at radius 2 is 2.06 bits per heavy atom. The predicted molar refractivity (Wildman–Crippen MR) is 117 cm³/mol. The Balaban J connectivity index is 1.91. The van der Waals surface area contributed by atoms with Gasteiger partial charge in [-0.05, 0) is 37.7 Å². The van der Waals surface area contributed by atoms with Crippen LogP contribution in [-0.2, 0) is 28.7 Å². The second-order valence-corrected chi connectivity index (χ2v) is 9.07. The normalized spacial score (nSPS) is 14.5. The lowest BCUT2D eigenvalue weighted by Gasteiger charge is -2.09. The highest BCUT2D eigenvalue weighted by molar-refractivity contribution is 7.86. The molecule has 1 amide bonds. The molecule has 0 unspecified atom stereocenters. The van der Waals surface area contributed by atoms with E-state index in [4.69, 9.17) is 21.2 Å². The lowest BCUT2D eigenvalue weighted by Crippen LogP contribution is -2.30. The number of carbonyl (C=O) groups excluding carboxylic acids is 2. The van der Waals surface area contributed by atoms with E-state index in [1.165, 1.54) is 22.4 Å². The minimum absolute atomic E-state index is 0.0114. The van der Waals surface area contributed by atoms with E-state index in [1.54, 1.807) is 19.1 Å². The van der Waals surface area contributed by atoms with Gasteiger partial charge in [0.15, 0.2) is 10.2 Å². The summed E-state index contributed by atoms with van der Waals surface area (Å²) in [6.07, 6.45) is 0.548. The quantitative estimate of drug-likeness (QED) is 0.259. The van der Waals surface area contributed by atoms with Gasteiger partial charge in [-0.3, -0.25) is 9.08 Å². The molecule has 31 heavy (non-hydrogen) atoms. The molecule has 3 rings (SSSR count). The van der Waals surface area contributed by atoms with E-state index in [2.05, 4.69) is 15.5 Å². The summed E-state index contributed by atoms with van der Waals surface area (Å²) in [7, 11) is -4.28. The fourth-order valence-electron chi connectivity index (χ4n) is 2.38. The summed E-state index contributed by atoms with van der Waals surface area (Å²) in [5, 5.41) is 8.07. The van der Waals surface area contributed by atoms with E-state index in [1.807, 2.05) is 6.92 Å². The van der Waals surface area contributed by atoms with Crippen LogP contribution < -0.4 is 10.2 Å². The van der Waals surface area contributed by atoms with Gasteiger partial charge in [0.1, 0.15) is 10.6 Å². The van der Waals surface area contributed by atoms with Crippen LogP contribution in [0.2, 0.25) is 0 Å². The van der Waals surface area contributed by atoms with E-state index < -0.39 is 21.8 Å². The van der Waals surface area contributed by atoms with Crippen LogP contribution in [0.5, 0.6) is 0 Å². The summed E-state index contributed by atoms with van der Waals surface area (Å²) in [5.41, 5.74) is 0.407. The van der Waals surface area contributed by atoms with E-state index in [9.17, 15) is 18.0 Å². The average Bonchev–Trinajstić information content (AvgIpc) is 3.33. The standard InChI is InChI=1S/C18H18N4O6S3/c1-3-8-27-16(24)15(21-28-31(25,26)12-6-4-11(2)5-7-12)13-10-30-18(20-13)22-14(23)9-19-17(22)29/h4-7,10H,3,8-9H2,1-2H3,(H,19,29)/b21-15+. The molecule has 1 fully saturated rings. The van der Waals surface area contributed by atoms with Crippen molar-refractivity contribution in [1.29, 1.82) is 0 Å². The van der Waals surface area contributed by atoms with Crippen molar-refractivity contribution in [3.63, 3.8) is 0 Å². The number of aromatic nitrogens is 1. The van der Waals surface area contributed by atoms with E-state index in [0.717, 1.165) is 16.9 Å². The molecule has 1 aliphatic rings. The first-order valence-corrected chi connectivity index (χ1v) is 11.7. The maximum Gasteiger partial charge on any atom is 0.362 e. The van der Waals surface area contributed by atoms with Crippen LogP contribution in [0.15, 0.2) is 39.7 Å². The number of hydrogen-bond acceptors (Lipinski definition) is 10. The second kappa shape index (κ2) is 9.49. The summed E-state index contributed by atoms with van der Waals surface area (Å²) in [6.45, 7) is 3.74. The fraction of sp³-hybridized carbons (Fsp3) is 0.278. The lowest BCUT2D eigenvalue weighted by atomic mass is 10.2. The number of nitrogens with zero attached hydrogens (tertiary/aromatic N) is 3. The second-order valence-electron chi connectivity index (χ2n) is 6.32. The molecule has 0 saturated carbocycles. The SMILES string of the molecule is CCCOC(=O)/C(=N/OS(=O)(=O)c1ccc(C)cc1)c1csc(N2C(=O)CNC2=S)n1. The monoisotopic (exact) mass is 482 g/mol. The Morgan fingerprint density at radius 1 is 1.35 bits per heavy atom. The molecule has 0 aliphatic carbocycles. The number of nitrogens with one attached hydrogen (secondary N) is 1. The van der Waals surface area contributed by atoms with Gasteiger partial charge in [-0.15, -0.1) is 11.3 Å². The third kappa shape index (κ3) is 5.24. The molecule has 0 radical (unpaired) electrons. The summed E-state index contributed by atoms with van der Waals surface area (Å²) < 4.78 is 34.7. The molecule has 1 saturated heterocycles. The van der Waals surface area contributed by atoms with Crippen LogP contribution in [-0.4, -0.2) is 49.3 Å². The van der Waals surface area contributed by atoms with Crippen molar-refractivity contribution < 1.29 is 27.0 Å². The molecule has 164 valence electrons. The molecular weight excluding hydrogens is 464 g/mol. The van der Waals surface area contributed by atoms with Gasteiger partial charge >= 0.3 is 16.1 Å². The smallest absolute Gasteiger partial charge is 0.362 e. The Labute approximate surface area is 188 Å². The highest BCUT2D eigenvalue weighted by atomic mass is 32.2. The van der Waals surface area contributed by atoms with Crippen molar-refractivity contribution in [3.05, 3.63) is 40.9 Å². The number of ether oxygens (including phenoxy) is 1. The molecule has 0 atom stereocenters. The molecule has 10 nitrogen and oxygen atoms in total. The summed E-state index contributed by atoms with van der Waals surface area (Å²) >= 11 is 6.11. The topological polar surface area (TPSA) is 127 Å². The average molecular weight is 483 g/mol. The van der Waals surface area contributed by atoms with Crippen LogP contribution in [0.1, 0.15) is 24.6 Å². The number of thiocarbonyl (C=S) groups is 1. The molecule has 2 aromatic rings. The number of thiazole rings is 1. The van der Waals surface area contributed by atoms with Gasteiger partial charge in [0.2, 0.25) is 5.71 Å². The van der Waals surface area contributed by atoms with Crippen LogP contribution in [0, 0.1) is 6.92 Å². The Hall–Kier alpha value is -2.90. The number of amides is 1. The lowest BCUT2D eigenvalue weighted by molar-refractivity contribution is -0.135. The zero-order valence-electron chi connectivity index (χ0n) is 16.5. The highest BCUT2D eigenvalue weighted by Gasteiger charge is 2.31. The number of rotatable bonds is 8. The predicted octanol–water partition coefficient (Wildman–Crippen LogP) is 1.74. The number of benzene rings is 1. The van der Waals surface area contributed by atoms with Gasteiger partial charge < -0.3 is 10.1 Å². The molecule has 1 N–H and O–H groups in total. The molecule has 1 aliphatic heterocycles. The van der Waals surface area contributed by atoms with Crippen LogP contribution >= 0.6 is 23.6 Å². The van der Waals surface area contributed by atoms with Gasteiger partial charge in [0, 0.05) is 5.38 Å². The number of oxime groups is 1. The van der Waals surface area contributed by atoms with Crippen LogP contribution in [0.25, 0.3) is 0 Å². The van der Waals surface area contributed by atoms with E-state index in [0.29, 0.717) is 6.42 Å². The fourth-order valence-corrected chi connectivity index (χ4v) is 4.26. The molecule has 1 aromatic carbocycles.